The molecular formula is C11H28N2+2. The van der Waals surface area contributed by atoms with Crippen LogP contribution in [0.2, 0.25) is 0 Å². The molecule has 0 aromatic carbocycles. The summed E-state index contributed by atoms with van der Waals surface area (Å²) in [5.41, 5.74) is 0. The standard InChI is InChI=1S/C11H26N2/c1-4-6-7-8-12-9-10-13-11(3)5-2/h11-13H,4-10H2,1-3H3/p+2/t11-/m0/s1. The summed E-state index contributed by atoms with van der Waals surface area (Å²) in [6.07, 6.45) is 5.41. The second-order valence-electron chi connectivity index (χ2n) is 3.98. The lowest BCUT2D eigenvalue weighted by atomic mass is 10.2. The molecule has 0 bridgehead atoms. The van der Waals surface area contributed by atoms with Crippen molar-refractivity contribution in [3.63, 3.8) is 0 Å². The van der Waals surface area contributed by atoms with E-state index in [4.69, 9.17) is 0 Å². The Bertz CT molecular complexity index is 94.1. The lowest BCUT2D eigenvalue weighted by molar-refractivity contribution is -0.739. The summed E-state index contributed by atoms with van der Waals surface area (Å²) in [5, 5.41) is 4.91. The molecule has 0 aromatic rings. The van der Waals surface area contributed by atoms with E-state index in [1.807, 2.05) is 0 Å². The van der Waals surface area contributed by atoms with Crippen molar-refractivity contribution in [3.05, 3.63) is 0 Å². The number of unbranched alkanes of at least 4 members (excludes halogenated alkanes) is 2. The number of quaternary nitrogens is 2. The molecule has 0 aromatic heterocycles. The summed E-state index contributed by atoms with van der Waals surface area (Å²) in [6.45, 7) is 10.7. The van der Waals surface area contributed by atoms with Gasteiger partial charge in [0.2, 0.25) is 0 Å². The monoisotopic (exact) mass is 188 g/mol. The molecule has 2 nitrogen and oxygen atoms in total. The molecule has 80 valence electrons. The Morgan fingerprint density at radius 2 is 1.77 bits per heavy atom. The number of rotatable bonds is 9. The summed E-state index contributed by atoms with van der Waals surface area (Å²) in [6, 6.07) is 0.809. The Kier molecular flexibility index (Phi) is 9.94. The molecular weight excluding hydrogens is 160 g/mol. The predicted molar refractivity (Wildman–Crippen MR) is 57.7 cm³/mol. The van der Waals surface area contributed by atoms with Gasteiger partial charge in [-0.05, 0) is 26.2 Å². The van der Waals surface area contributed by atoms with Crippen molar-refractivity contribution in [2.24, 2.45) is 0 Å². The normalized spacial score (nSPS) is 13.2. The van der Waals surface area contributed by atoms with Gasteiger partial charge in [-0.25, -0.2) is 0 Å². The molecule has 0 saturated carbocycles. The van der Waals surface area contributed by atoms with Gasteiger partial charge in [0.25, 0.3) is 0 Å². The molecule has 2 heteroatoms. The Morgan fingerprint density at radius 3 is 2.38 bits per heavy atom. The zero-order chi connectivity index (χ0) is 9.94. The fraction of sp³-hybridized carbons (Fsp3) is 1.00. The van der Waals surface area contributed by atoms with Crippen molar-refractivity contribution >= 4 is 0 Å². The highest BCUT2D eigenvalue weighted by Gasteiger charge is 2.00. The first-order chi connectivity index (χ1) is 6.31. The molecule has 0 radical (unpaired) electrons. The first kappa shape index (κ1) is 12.9. The smallest absolute Gasteiger partial charge is 0.125 e. The summed E-state index contributed by atoms with van der Waals surface area (Å²) in [5.74, 6) is 0. The van der Waals surface area contributed by atoms with E-state index in [1.165, 1.54) is 45.3 Å². The number of hydrogen-bond donors (Lipinski definition) is 2. The summed E-state index contributed by atoms with van der Waals surface area (Å²) >= 11 is 0. The summed E-state index contributed by atoms with van der Waals surface area (Å²) < 4.78 is 0. The molecule has 0 heterocycles. The van der Waals surface area contributed by atoms with Gasteiger partial charge < -0.3 is 10.6 Å². The van der Waals surface area contributed by atoms with Crippen LogP contribution in [0.15, 0.2) is 0 Å². The minimum Gasteiger partial charge on any atom is -0.342 e. The molecule has 0 unspecified atom stereocenters. The van der Waals surface area contributed by atoms with Crippen molar-refractivity contribution in [1.82, 2.24) is 0 Å². The first-order valence-corrected chi connectivity index (χ1v) is 5.96. The molecule has 1 atom stereocenters. The largest absolute Gasteiger partial charge is 0.342 e. The Hall–Kier alpha value is -0.0800. The minimum absolute atomic E-state index is 0.809. The lowest BCUT2D eigenvalue weighted by Crippen LogP contribution is -2.97. The van der Waals surface area contributed by atoms with Crippen LogP contribution in [-0.2, 0) is 0 Å². The lowest BCUT2D eigenvalue weighted by Gasteiger charge is -2.06. The summed E-state index contributed by atoms with van der Waals surface area (Å²) in [4.78, 5) is 0. The van der Waals surface area contributed by atoms with E-state index >= 15 is 0 Å². The Balaban J connectivity index is 2.91. The van der Waals surface area contributed by atoms with Crippen molar-refractivity contribution in [2.45, 2.75) is 52.5 Å². The zero-order valence-corrected chi connectivity index (χ0v) is 9.68. The molecule has 0 fully saturated rings. The maximum Gasteiger partial charge on any atom is 0.125 e. The molecule has 0 spiro atoms. The van der Waals surface area contributed by atoms with Crippen LogP contribution in [0.5, 0.6) is 0 Å². The molecule has 13 heavy (non-hydrogen) atoms. The van der Waals surface area contributed by atoms with Gasteiger partial charge in [0.15, 0.2) is 0 Å². The molecule has 0 aliphatic heterocycles. The van der Waals surface area contributed by atoms with Crippen LogP contribution in [0.4, 0.5) is 0 Å². The highest BCUT2D eigenvalue weighted by Crippen LogP contribution is 1.88. The molecule has 0 aliphatic carbocycles. The van der Waals surface area contributed by atoms with E-state index in [0.717, 1.165) is 6.04 Å². The highest BCUT2D eigenvalue weighted by atomic mass is 15.0. The quantitative estimate of drug-likeness (QED) is 0.481. The number of hydrogen-bond acceptors (Lipinski definition) is 0. The summed E-state index contributed by atoms with van der Waals surface area (Å²) in [7, 11) is 0. The van der Waals surface area contributed by atoms with Gasteiger partial charge in [0.1, 0.15) is 13.1 Å². The van der Waals surface area contributed by atoms with Crippen molar-refractivity contribution in [1.29, 1.82) is 0 Å². The third kappa shape index (κ3) is 9.84. The maximum absolute atomic E-state index is 2.45. The first-order valence-electron chi connectivity index (χ1n) is 5.96. The van der Waals surface area contributed by atoms with Crippen LogP contribution in [0, 0.1) is 0 Å². The fourth-order valence-electron chi connectivity index (χ4n) is 1.35. The van der Waals surface area contributed by atoms with E-state index in [-0.39, 0.29) is 0 Å². The highest BCUT2D eigenvalue weighted by molar-refractivity contribution is 4.36. The van der Waals surface area contributed by atoms with E-state index in [9.17, 15) is 0 Å². The van der Waals surface area contributed by atoms with Crippen LogP contribution >= 0.6 is 0 Å². The zero-order valence-electron chi connectivity index (χ0n) is 9.68. The Labute approximate surface area is 83.5 Å². The molecule has 4 N–H and O–H groups in total. The predicted octanol–water partition coefficient (Wildman–Crippen LogP) is 0.102. The molecule has 0 aliphatic rings. The molecule has 0 saturated heterocycles. The van der Waals surface area contributed by atoms with E-state index < -0.39 is 0 Å². The molecule has 0 rings (SSSR count). The third-order valence-electron chi connectivity index (χ3n) is 2.60. The average molecular weight is 188 g/mol. The van der Waals surface area contributed by atoms with Crippen LogP contribution in [0.25, 0.3) is 0 Å². The van der Waals surface area contributed by atoms with E-state index in [2.05, 4.69) is 31.4 Å². The second kappa shape index (κ2) is 10.0. The fourth-order valence-corrected chi connectivity index (χ4v) is 1.35. The maximum atomic E-state index is 2.45. The van der Waals surface area contributed by atoms with Crippen LogP contribution in [0.1, 0.15) is 46.5 Å². The molecule has 0 amide bonds. The van der Waals surface area contributed by atoms with E-state index in [1.54, 1.807) is 0 Å². The van der Waals surface area contributed by atoms with Crippen LogP contribution < -0.4 is 10.6 Å². The van der Waals surface area contributed by atoms with Crippen molar-refractivity contribution in [3.8, 4) is 0 Å². The Morgan fingerprint density at radius 1 is 1.00 bits per heavy atom. The second-order valence-corrected chi connectivity index (χ2v) is 3.98. The van der Waals surface area contributed by atoms with Gasteiger partial charge in [-0.15, -0.1) is 0 Å². The van der Waals surface area contributed by atoms with Crippen LogP contribution in [-0.4, -0.2) is 25.7 Å². The number of nitrogens with two attached hydrogens (primary N) is 2. The van der Waals surface area contributed by atoms with E-state index in [0.29, 0.717) is 0 Å². The van der Waals surface area contributed by atoms with Gasteiger partial charge in [-0.2, -0.15) is 0 Å². The van der Waals surface area contributed by atoms with Gasteiger partial charge in [0.05, 0.1) is 12.6 Å². The van der Waals surface area contributed by atoms with Gasteiger partial charge in [0, 0.05) is 0 Å². The topological polar surface area (TPSA) is 33.2 Å². The van der Waals surface area contributed by atoms with Gasteiger partial charge >= 0.3 is 0 Å². The minimum atomic E-state index is 0.809. The average Bonchev–Trinajstić information content (AvgIpc) is 2.16. The van der Waals surface area contributed by atoms with Crippen molar-refractivity contribution < 1.29 is 10.6 Å². The third-order valence-corrected chi connectivity index (χ3v) is 2.60. The van der Waals surface area contributed by atoms with Crippen molar-refractivity contribution in [2.75, 3.05) is 19.6 Å². The SMILES string of the molecule is CCCCC[NH2+]CC[NH2+][C@@H](C)CC. The van der Waals surface area contributed by atoms with Crippen LogP contribution in [0.3, 0.4) is 0 Å². The van der Waals surface area contributed by atoms with Gasteiger partial charge in [-0.3, -0.25) is 0 Å². The van der Waals surface area contributed by atoms with Gasteiger partial charge in [-0.1, -0.05) is 20.3 Å².